The van der Waals surface area contributed by atoms with E-state index < -0.39 is 5.97 Å². The molecule has 5 nitrogen and oxygen atoms in total. The zero-order chi connectivity index (χ0) is 17.4. The first kappa shape index (κ1) is 15.8. The van der Waals surface area contributed by atoms with E-state index in [-0.39, 0.29) is 5.92 Å². The number of hydrogen-bond donors (Lipinski definition) is 1. The van der Waals surface area contributed by atoms with Crippen LogP contribution >= 0.6 is 11.6 Å². The molecule has 1 aliphatic heterocycles. The van der Waals surface area contributed by atoms with Gasteiger partial charge in [0.1, 0.15) is 0 Å². The van der Waals surface area contributed by atoms with Crippen molar-refractivity contribution in [1.82, 2.24) is 9.97 Å². The quantitative estimate of drug-likeness (QED) is 0.774. The van der Waals surface area contributed by atoms with E-state index in [4.69, 9.17) is 16.6 Å². The summed E-state index contributed by atoms with van der Waals surface area (Å²) in [5.74, 6) is -0.569. The molecule has 3 aromatic rings. The second-order valence-electron chi connectivity index (χ2n) is 6.17. The summed E-state index contributed by atoms with van der Waals surface area (Å²) in [5.41, 5.74) is 2.58. The molecule has 0 saturated carbocycles. The molecule has 1 aliphatic rings. The maximum absolute atomic E-state index is 11.2. The van der Waals surface area contributed by atoms with Gasteiger partial charge in [-0.05, 0) is 24.6 Å². The zero-order valence-electron chi connectivity index (χ0n) is 13.4. The Morgan fingerprint density at radius 3 is 2.68 bits per heavy atom. The minimum absolute atomic E-state index is 0.371. The maximum Gasteiger partial charge on any atom is 0.308 e. The lowest BCUT2D eigenvalue weighted by Crippen LogP contribution is -2.24. The third kappa shape index (κ3) is 3.03. The van der Waals surface area contributed by atoms with Crippen LogP contribution in [0.5, 0.6) is 0 Å². The highest BCUT2D eigenvalue weighted by Gasteiger charge is 2.30. The summed E-state index contributed by atoms with van der Waals surface area (Å²) < 4.78 is 0. The molecule has 1 atom stereocenters. The number of rotatable bonds is 3. The second kappa shape index (κ2) is 6.33. The van der Waals surface area contributed by atoms with E-state index in [9.17, 15) is 9.90 Å². The van der Waals surface area contributed by atoms with Crippen LogP contribution in [0.3, 0.4) is 0 Å². The summed E-state index contributed by atoms with van der Waals surface area (Å²) in [6, 6.07) is 15.4. The number of benzene rings is 2. The summed E-state index contributed by atoms with van der Waals surface area (Å²) in [6.45, 7) is 1.08. The Morgan fingerprint density at radius 1 is 1.16 bits per heavy atom. The van der Waals surface area contributed by atoms with Gasteiger partial charge in [-0.15, -0.1) is 0 Å². The van der Waals surface area contributed by atoms with Gasteiger partial charge in [0.25, 0.3) is 0 Å². The van der Waals surface area contributed by atoms with Gasteiger partial charge in [-0.1, -0.05) is 41.9 Å². The lowest BCUT2D eigenvalue weighted by molar-refractivity contribution is -0.140. The van der Waals surface area contributed by atoms with Gasteiger partial charge >= 0.3 is 5.97 Å². The molecule has 2 heterocycles. The highest BCUT2D eigenvalue weighted by molar-refractivity contribution is 6.31. The summed E-state index contributed by atoms with van der Waals surface area (Å²) in [7, 11) is 0. The summed E-state index contributed by atoms with van der Waals surface area (Å²) in [4.78, 5) is 22.6. The predicted molar refractivity (Wildman–Crippen MR) is 97.9 cm³/mol. The fourth-order valence-corrected chi connectivity index (χ4v) is 3.36. The van der Waals surface area contributed by atoms with Crippen molar-refractivity contribution in [3.05, 3.63) is 53.6 Å². The third-order valence-corrected chi connectivity index (χ3v) is 4.75. The van der Waals surface area contributed by atoms with E-state index in [0.29, 0.717) is 30.5 Å². The lowest BCUT2D eigenvalue weighted by Gasteiger charge is -2.18. The van der Waals surface area contributed by atoms with Gasteiger partial charge in [0.15, 0.2) is 0 Å². The number of aliphatic carboxylic acids is 1. The minimum Gasteiger partial charge on any atom is -0.481 e. The van der Waals surface area contributed by atoms with Crippen LogP contribution in [0.15, 0.2) is 48.5 Å². The van der Waals surface area contributed by atoms with Crippen molar-refractivity contribution in [3.63, 3.8) is 0 Å². The SMILES string of the molecule is O=C(O)C1CCN(c2nc(-c3ccccc3)c3cc(Cl)ccc3n2)C1. The van der Waals surface area contributed by atoms with Crippen LogP contribution in [0.4, 0.5) is 5.95 Å². The Hall–Kier alpha value is -2.66. The maximum atomic E-state index is 11.2. The highest BCUT2D eigenvalue weighted by atomic mass is 35.5. The monoisotopic (exact) mass is 353 g/mol. The average molecular weight is 354 g/mol. The number of carbonyl (C=O) groups is 1. The van der Waals surface area contributed by atoms with Gasteiger partial charge in [0.05, 0.1) is 17.1 Å². The van der Waals surface area contributed by atoms with Gasteiger partial charge < -0.3 is 10.0 Å². The molecule has 2 aromatic carbocycles. The van der Waals surface area contributed by atoms with Crippen molar-refractivity contribution in [3.8, 4) is 11.3 Å². The molecule has 1 unspecified atom stereocenters. The van der Waals surface area contributed by atoms with Crippen molar-refractivity contribution < 1.29 is 9.90 Å². The molecule has 1 saturated heterocycles. The number of anilines is 1. The Balaban J connectivity index is 1.85. The van der Waals surface area contributed by atoms with E-state index >= 15 is 0 Å². The normalized spacial score (nSPS) is 17.2. The fraction of sp³-hybridized carbons (Fsp3) is 0.211. The number of hydrogen-bond acceptors (Lipinski definition) is 4. The van der Waals surface area contributed by atoms with Crippen molar-refractivity contribution in [2.24, 2.45) is 5.92 Å². The summed E-state index contributed by atoms with van der Waals surface area (Å²) in [5, 5.41) is 10.7. The molecule has 0 amide bonds. The Labute approximate surface area is 149 Å². The highest BCUT2D eigenvalue weighted by Crippen LogP contribution is 2.31. The Kier molecular flexibility index (Phi) is 4.01. The van der Waals surface area contributed by atoms with Crippen LogP contribution in [0, 0.1) is 5.92 Å². The van der Waals surface area contributed by atoms with Crippen LogP contribution in [-0.2, 0) is 4.79 Å². The second-order valence-corrected chi connectivity index (χ2v) is 6.61. The number of fused-ring (bicyclic) bond motifs is 1. The van der Waals surface area contributed by atoms with Gasteiger partial charge in [-0.25, -0.2) is 9.97 Å². The van der Waals surface area contributed by atoms with Crippen LogP contribution in [-0.4, -0.2) is 34.1 Å². The molecule has 1 N–H and O–H groups in total. The molecule has 1 aromatic heterocycles. The smallest absolute Gasteiger partial charge is 0.308 e. The van der Waals surface area contributed by atoms with Crippen LogP contribution < -0.4 is 4.90 Å². The Morgan fingerprint density at radius 2 is 1.96 bits per heavy atom. The topological polar surface area (TPSA) is 66.3 Å². The van der Waals surface area contributed by atoms with E-state index in [1.165, 1.54) is 0 Å². The molecule has 4 rings (SSSR count). The molecule has 126 valence electrons. The third-order valence-electron chi connectivity index (χ3n) is 4.51. The minimum atomic E-state index is -0.765. The fourth-order valence-electron chi connectivity index (χ4n) is 3.19. The number of carboxylic acids is 1. The molecule has 0 aliphatic carbocycles. The van der Waals surface area contributed by atoms with Crippen LogP contribution in [0.25, 0.3) is 22.2 Å². The molecule has 1 fully saturated rings. The molecule has 0 radical (unpaired) electrons. The molecular formula is C19H16ClN3O2. The molecule has 6 heteroatoms. The van der Waals surface area contributed by atoms with Crippen molar-refractivity contribution in [2.75, 3.05) is 18.0 Å². The average Bonchev–Trinajstić information content (AvgIpc) is 3.12. The first-order valence-electron chi connectivity index (χ1n) is 8.12. The largest absolute Gasteiger partial charge is 0.481 e. The van der Waals surface area contributed by atoms with E-state index in [0.717, 1.165) is 22.2 Å². The van der Waals surface area contributed by atoms with Gasteiger partial charge in [-0.2, -0.15) is 0 Å². The van der Waals surface area contributed by atoms with Crippen molar-refractivity contribution >= 4 is 34.4 Å². The van der Waals surface area contributed by atoms with E-state index in [1.807, 2.05) is 47.4 Å². The zero-order valence-corrected chi connectivity index (χ0v) is 14.1. The van der Waals surface area contributed by atoms with Gasteiger partial charge in [0.2, 0.25) is 5.95 Å². The van der Waals surface area contributed by atoms with Crippen molar-refractivity contribution in [1.29, 1.82) is 0 Å². The summed E-state index contributed by atoms with van der Waals surface area (Å²) >= 11 is 6.17. The Bertz CT molecular complexity index is 946. The predicted octanol–water partition coefficient (Wildman–Crippen LogP) is 3.86. The standard InChI is InChI=1S/C19H16ClN3O2/c20-14-6-7-16-15(10-14)17(12-4-2-1-3-5-12)22-19(21-16)23-9-8-13(11-23)18(24)25/h1-7,10,13H,8-9,11H2,(H,24,25). The van der Waals surface area contributed by atoms with E-state index in [1.54, 1.807) is 6.07 Å². The molecule has 0 spiro atoms. The van der Waals surface area contributed by atoms with Crippen LogP contribution in [0.1, 0.15) is 6.42 Å². The molecule has 25 heavy (non-hydrogen) atoms. The lowest BCUT2D eigenvalue weighted by atomic mass is 10.1. The first-order valence-corrected chi connectivity index (χ1v) is 8.50. The molecule has 0 bridgehead atoms. The van der Waals surface area contributed by atoms with Crippen molar-refractivity contribution in [2.45, 2.75) is 6.42 Å². The number of carboxylic acid groups (broad SMARTS) is 1. The number of aromatic nitrogens is 2. The van der Waals surface area contributed by atoms with Crippen LogP contribution in [0.2, 0.25) is 5.02 Å². The number of halogens is 1. The summed E-state index contributed by atoms with van der Waals surface area (Å²) in [6.07, 6.45) is 0.609. The van der Waals surface area contributed by atoms with Gasteiger partial charge in [0, 0.05) is 29.1 Å². The van der Waals surface area contributed by atoms with Gasteiger partial charge in [-0.3, -0.25) is 4.79 Å². The molecular weight excluding hydrogens is 338 g/mol. The van der Waals surface area contributed by atoms with E-state index in [2.05, 4.69) is 4.98 Å². The number of nitrogens with zero attached hydrogens (tertiary/aromatic N) is 3. The first-order chi connectivity index (χ1) is 12.1.